The first-order chi connectivity index (χ1) is 9.81. The summed E-state index contributed by atoms with van der Waals surface area (Å²) >= 11 is 0. The second-order valence-electron chi connectivity index (χ2n) is 5.36. The minimum atomic E-state index is -0.115. The standard InChI is InChI=1S/C15H20N2O3/c18-15(7-11-5-6-16-8-11)17-9-12-10-19-13-3-1-2-4-14(13)20-12/h1-4,11-12,16H,5-10H2,(H,17,18). The number of carbonyl (C=O) groups is 1. The third kappa shape index (κ3) is 3.22. The van der Waals surface area contributed by atoms with E-state index in [1.807, 2.05) is 24.3 Å². The summed E-state index contributed by atoms with van der Waals surface area (Å²) in [7, 11) is 0. The van der Waals surface area contributed by atoms with Gasteiger partial charge in [0, 0.05) is 6.42 Å². The van der Waals surface area contributed by atoms with Gasteiger partial charge in [0.25, 0.3) is 0 Å². The van der Waals surface area contributed by atoms with Crippen LogP contribution in [0.5, 0.6) is 11.5 Å². The molecule has 1 aromatic rings. The van der Waals surface area contributed by atoms with Gasteiger partial charge in [0.15, 0.2) is 11.5 Å². The van der Waals surface area contributed by atoms with Gasteiger partial charge in [-0.1, -0.05) is 12.1 Å². The molecule has 5 heteroatoms. The van der Waals surface area contributed by atoms with Gasteiger partial charge in [-0.05, 0) is 37.6 Å². The van der Waals surface area contributed by atoms with Crippen LogP contribution in [0.4, 0.5) is 0 Å². The van der Waals surface area contributed by atoms with E-state index >= 15 is 0 Å². The van der Waals surface area contributed by atoms with Crippen LogP contribution in [0, 0.1) is 5.92 Å². The van der Waals surface area contributed by atoms with Gasteiger partial charge in [-0.2, -0.15) is 0 Å². The van der Waals surface area contributed by atoms with Crippen molar-refractivity contribution >= 4 is 5.91 Å². The zero-order valence-corrected chi connectivity index (χ0v) is 11.4. The molecular weight excluding hydrogens is 256 g/mol. The molecule has 0 saturated carbocycles. The molecule has 2 unspecified atom stereocenters. The molecule has 2 atom stereocenters. The summed E-state index contributed by atoms with van der Waals surface area (Å²) in [4.78, 5) is 11.9. The maximum absolute atomic E-state index is 11.9. The number of benzene rings is 1. The van der Waals surface area contributed by atoms with Gasteiger partial charge in [0.2, 0.25) is 5.91 Å². The molecule has 1 amide bonds. The SMILES string of the molecule is O=C(CC1CCNC1)NCC1COc2ccccc2O1. The van der Waals surface area contributed by atoms with Crippen molar-refractivity contribution in [2.24, 2.45) is 5.92 Å². The van der Waals surface area contributed by atoms with Crippen LogP contribution in [0.3, 0.4) is 0 Å². The molecule has 0 aromatic heterocycles. The van der Waals surface area contributed by atoms with E-state index in [0.29, 0.717) is 25.5 Å². The smallest absolute Gasteiger partial charge is 0.220 e. The predicted molar refractivity (Wildman–Crippen MR) is 75.0 cm³/mol. The summed E-state index contributed by atoms with van der Waals surface area (Å²) in [6, 6.07) is 7.60. The second-order valence-corrected chi connectivity index (χ2v) is 5.36. The van der Waals surface area contributed by atoms with Crippen molar-refractivity contribution in [3.63, 3.8) is 0 Å². The maximum atomic E-state index is 11.9. The van der Waals surface area contributed by atoms with Crippen molar-refractivity contribution in [3.8, 4) is 11.5 Å². The first kappa shape index (κ1) is 13.2. The quantitative estimate of drug-likeness (QED) is 0.859. The highest BCUT2D eigenvalue weighted by molar-refractivity contribution is 5.76. The van der Waals surface area contributed by atoms with E-state index in [1.165, 1.54) is 0 Å². The Kier molecular flexibility index (Phi) is 4.06. The van der Waals surface area contributed by atoms with E-state index in [2.05, 4.69) is 10.6 Å². The third-order valence-electron chi connectivity index (χ3n) is 3.73. The Morgan fingerprint density at radius 3 is 3.00 bits per heavy atom. The number of rotatable bonds is 4. The van der Waals surface area contributed by atoms with E-state index in [4.69, 9.17) is 9.47 Å². The molecule has 2 aliphatic rings. The Labute approximate surface area is 118 Å². The van der Waals surface area contributed by atoms with E-state index in [0.717, 1.165) is 31.0 Å². The van der Waals surface area contributed by atoms with Gasteiger partial charge < -0.3 is 20.1 Å². The molecule has 1 aromatic carbocycles. The fraction of sp³-hybridized carbons (Fsp3) is 0.533. The van der Waals surface area contributed by atoms with Gasteiger partial charge in [-0.15, -0.1) is 0 Å². The van der Waals surface area contributed by atoms with Crippen LogP contribution in [-0.2, 0) is 4.79 Å². The monoisotopic (exact) mass is 276 g/mol. The number of hydrogen-bond donors (Lipinski definition) is 2. The summed E-state index contributed by atoms with van der Waals surface area (Å²) in [6.07, 6.45) is 1.57. The molecular formula is C15H20N2O3. The maximum Gasteiger partial charge on any atom is 0.220 e. The Bertz CT molecular complexity index is 472. The molecule has 3 rings (SSSR count). The van der Waals surface area contributed by atoms with Crippen molar-refractivity contribution in [2.45, 2.75) is 18.9 Å². The molecule has 2 N–H and O–H groups in total. The van der Waals surface area contributed by atoms with Crippen LogP contribution in [0.1, 0.15) is 12.8 Å². The number of hydrogen-bond acceptors (Lipinski definition) is 4. The van der Waals surface area contributed by atoms with Gasteiger partial charge in [-0.3, -0.25) is 4.79 Å². The average Bonchev–Trinajstić information content (AvgIpc) is 2.98. The minimum absolute atomic E-state index is 0.0983. The first-order valence-corrected chi connectivity index (χ1v) is 7.17. The highest BCUT2D eigenvalue weighted by Crippen LogP contribution is 2.30. The fourth-order valence-electron chi connectivity index (χ4n) is 2.61. The average molecular weight is 276 g/mol. The lowest BCUT2D eigenvalue weighted by molar-refractivity contribution is -0.122. The molecule has 2 aliphatic heterocycles. The molecule has 2 heterocycles. The van der Waals surface area contributed by atoms with Crippen molar-refractivity contribution in [3.05, 3.63) is 24.3 Å². The summed E-state index contributed by atoms with van der Waals surface area (Å²) in [6.45, 7) is 2.94. The number of nitrogens with one attached hydrogen (secondary N) is 2. The highest BCUT2D eigenvalue weighted by Gasteiger charge is 2.22. The lowest BCUT2D eigenvalue weighted by Gasteiger charge is -2.26. The molecule has 0 bridgehead atoms. The number of fused-ring (bicyclic) bond motifs is 1. The summed E-state index contributed by atoms with van der Waals surface area (Å²) in [5, 5.41) is 6.21. The van der Waals surface area contributed by atoms with Crippen LogP contribution in [-0.4, -0.2) is 38.3 Å². The van der Waals surface area contributed by atoms with Crippen molar-refractivity contribution < 1.29 is 14.3 Å². The topological polar surface area (TPSA) is 59.6 Å². The van der Waals surface area contributed by atoms with Crippen molar-refractivity contribution in [2.75, 3.05) is 26.2 Å². The zero-order chi connectivity index (χ0) is 13.8. The number of para-hydroxylation sites is 2. The number of carbonyl (C=O) groups excluding carboxylic acids is 1. The van der Waals surface area contributed by atoms with E-state index < -0.39 is 0 Å². The van der Waals surface area contributed by atoms with Crippen molar-refractivity contribution in [1.82, 2.24) is 10.6 Å². The van der Waals surface area contributed by atoms with Gasteiger partial charge >= 0.3 is 0 Å². The Morgan fingerprint density at radius 2 is 2.20 bits per heavy atom. The molecule has 0 aliphatic carbocycles. The lowest BCUT2D eigenvalue weighted by atomic mass is 10.0. The predicted octanol–water partition coefficient (Wildman–Crippen LogP) is 0.942. The van der Waals surface area contributed by atoms with Crippen LogP contribution < -0.4 is 20.1 Å². The number of ether oxygens (including phenoxy) is 2. The molecule has 1 fully saturated rings. The Balaban J connectivity index is 1.44. The van der Waals surface area contributed by atoms with Gasteiger partial charge in [0.1, 0.15) is 12.7 Å². The first-order valence-electron chi connectivity index (χ1n) is 7.17. The Morgan fingerprint density at radius 1 is 1.35 bits per heavy atom. The number of amides is 1. The Hall–Kier alpha value is -1.75. The third-order valence-corrected chi connectivity index (χ3v) is 3.73. The zero-order valence-electron chi connectivity index (χ0n) is 11.4. The molecule has 0 radical (unpaired) electrons. The molecule has 5 nitrogen and oxygen atoms in total. The molecule has 0 spiro atoms. The summed E-state index contributed by atoms with van der Waals surface area (Å²) in [5.41, 5.74) is 0. The normalized spacial score (nSPS) is 24.4. The highest BCUT2D eigenvalue weighted by atomic mass is 16.6. The van der Waals surface area contributed by atoms with Crippen LogP contribution in [0.15, 0.2) is 24.3 Å². The largest absolute Gasteiger partial charge is 0.486 e. The second kappa shape index (κ2) is 6.13. The molecule has 20 heavy (non-hydrogen) atoms. The molecule has 108 valence electrons. The lowest BCUT2D eigenvalue weighted by Crippen LogP contribution is -2.41. The van der Waals surface area contributed by atoms with Crippen LogP contribution in [0.25, 0.3) is 0 Å². The molecule has 1 saturated heterocycles. The van der Waals surface area contributed by atoms with Gasteiger partial charge in [0.05, 0.1) is 6.54 Å². The van der Waals surface area contributed by atoms with Gasteiger partial charge in [-0.25, -0.2) is 0 Å². The van der Waals surface area contributed by atoms with E-state index in [1.54, 1.807) is 0 Å². The minimum Gasteiger partial charge on any atom is -0.486 e. The summed E-state index contributed by atoms with van der Waals surface area (Å²) in [5.74, 6) is 2.09. The van der Waals surface area contributed by atoms with E-state index in [9.17, 15) is 4.79 Å². The van der Waals surface area contributed by atoms with E-state index in [-0.39, 0.29) is 12.0 Å². The van der Waals surface area contributed by atoms with Crippen LogP contribution >= 0.6 is 0 Å². The van der Waals surface area contributed by atoms with Crippen LogP contribution in [0.2, 0.25) is 0 Å². The summed E-state index contributed by atoms with van der Waals surface area (Å²) < 4.78 is 11.4. The fourth-order valence-corrected chi connectivity index (χ4v) is 2.61. The van der Waals surface area contributed by atoms with Crippen molar-refractivity contribution in [1.29, 1.82) is 0 Å².